The summed E-state index contributed by atoms with van der Waals surface area (Å²) in [6, 6.07) is 3.38. The van der Waals surface area contributed by atoms with Crippen LogP contribution in [0, 0.1) is 0 Å². The van der Waals surface area contributed by atoms with Gasteiger partial charge in [-0.3, -0.25) is 9.59 Å². The lowest BCUT2D eigenvalue weighted by molar-refractivity contribution is -0.139. The van der Waals surface area contributed by atoms with Gasteiger partial charge in [0.25, 0.3) is 0 Å². The molecule has 8 nitrogen and oxygen atoms in total. The number of carbonyl (C=O) groups excluding carboxylic acids is 2. The highest BCUT2D eigenvalue weighted by atomic mass is 16.5. The molecule has 100 valence electrons. The van der Waals surface area contributed by atoms with Crippen LogP contribution in [0.3, 0.4) is 0 Å². The summed E-state index contributed by atoms with van der Waals surface area (Å²) in [6.07, 6.45) is 1.49. The van der Waals surface area contributed by atoms with Crippen LogP contribution >= 0.6 is 0 Å². The van der Waals surface area contributed by atoms with Crippen LogP contribution in [-0.2, 0) is 16.1 Å². The lowest BCUT2D eigenvalue weighted by atomic mass is 10.4. The molecule has 2 aromatic heterocycles. The lowest BCUT2D eigenvalue weighted by Crippen LogP contribution is -2.39. The Kier molecular flexibility index (Phi) is 3.91. The number of nitrogens with zero attached hydrogens (tertiary/aromatic N) is 2. The van der Waals surface area contributed by atoms with Crippen molar-refractivity contribution in [2.75, 3.05) is 6.54 Å². The molecule has 2 aromatic rings. The topological polar surface area (TPSA) is 110 Å². The quantitative estimate of drug-likeness (QED) is 0.757. The zero-order valence-electron chi connectivity index (χ0n) is 10.2. The van der Waals surface area contributed by atoms with Crippen molar-refractivity contribution < 1.29 is 18.5 Å². The predicted octanol–water partition coefficient (Wildman–Crippen LogP) is 0.0819. The van der Waals surface area contributed by atoms with Gasteiger partial charge in [0, 0.05) is 6.54 Å². The standard InChI is InChI=1S/C11H12N4O4/c1-2-12-10(16)11(17)13-6-8-14-9(15-19-8)7-4-3-5-18-7/h3-5H,2,6H2,1H3,(H,12,16)(H,13,17). The second kappa shape index (κ2) is 5.80. The molecule has 19 heavy (non-hydrogen) atoms. The summed E-state index contributed by atoms with van der Waals surface area (Å²) in [6.45, 7) is 2.08. The predicted molar refractivity (Wildman–Crippen MR) is 62.5 cm³/mol. The Morgan fingerprint density at radius 2 is 2.11 bits per heavy atom. The third-order valence-corrected chi connectivity index (χ3v) is 2.15. The van der Waals surface area contributed by atoms with E-state index in [4.69, 9.17) is 8.94 Å². The van der Waals surface area contributed by atoms with Gasteiger partial charge >= 0.3 is 11.8 Å². The summed E-state index contributed by atoms with van der Waals surface area (Å²) >= 11 is 0. The van der Waals surface area contributed by atoms with Crippen LogP contribution in [-0.4, -0.2) is 28.5 Å². The van der Waals surface area contributed by atoms with Crippen molar-refractivity contribution in [1.29, 1.82) is 0 Å². The molecule has 0 saturated carbocycles. The average Bonchev–Trinajstić information content (AvgIpc) is 3.06. The maximum absolute atomic E-state index is 11.3. The minimum atomic E-state index is -0.750. The molecule has 2 rings (SSSR count). The zero-order valence-corrected chi connectivity index (χ0v) is 10.2. The van der Waals surface area contributed by atoms with Gasteiger partial charge in [-0.25, -0.2) is 0 Å². The first kappa shape index (κ1) is 12.8. The molecule has 2 heterocycles. The summed E-state index contributed by atoms with van der Waals surface area (Å²) in [5, 5.41) is 8.43. The molecule has 0 bridgehead atoms. The van der Waals surface area contributed by atoms with E-state index in [0.717, 1.165) is 0 Å². The fourth-order valence-corrected chi connectivity index (χ4v) is 1.31. The van der Waals surface area contributed by atoms with Gasteiger partial charge in [-0.05, 0) is 19.1 Å². The number of nitrogens with one attached hydrogen (secondary N) is 2. The first-order chi connectivity index (χ1) is 9.20. The number of hydrogen-bond donors (Lipinski definition) is 2. The van der Waals surface area contributed by atoms with Gasteiger partial charge in [0.05, 0.1) is 12.8 Å². The molecule has 8 heteroatoms. The highest BCUT2D eigenvalue weighted by Crippen LogP contribution is 2.15. The van der Waals surface area contributed by atoms with E-state index in [1.54, 1.807) is 19.1 Å². The summed E-state index contributed by atoms with van der Waals surface area (Å²) in [5.74, 6) is -0.519. The second-order valence-electron chi connectivity index (χ2n) is 3.53. The molecule has 2 amide bonds. The summed E-state index contributed by atoms with van der Waals surface area (Å²) in [5.41, 5.74) is 0. The van der Waals surface area contributed by atoms with Crippen LogP contribution in [0.15, 0.2) is 27.3 Å². The normalized spacial score (nSPS) is 10.2. The molecular weight excluding hydrogens is 252 g/mol. The van der Waals surface area contributed by atoms with E-state index >= 15 is 0 Å². The van der Waals surface area contributed by atoms with Crippen molar-refractivity contribution in [2.45, 2.75) is 13.5 Å². The van der Waals surface area contributed by atoms with Crippen molar-refractivity contribution >= 4 is 11.8 Å². The van der Waals surface area contributed by atoms with E-state index < -0.39 is 11.8 Å². The van der Waals surface area contributed by atoms with Gasteiger partial charge in [-0.2, -0.15) is 4.98 Å². The summed E-state index contributed by atoms with van der Waals surface area (Å²) in [4.78, 5) is 26.5. The van der Waals surface area contributed by atoms with Gasteiger partial charge < -0.3 is 19.6 Å². The van der Waals surface area contributed by atoms with Crippen LogP contribution in [0.4, 0.5) is 0 Å². The smallest absolute Gasteiger partial charge is 0.309 e. The van der Waals surface area contributed by atoms with Gasteiger partial charge in [-0.1, -0.05) is 5.16 Å². The maximum Gasteiger partial charge on any atom is 0.309 e. The molecule has 0 radical (unpaired) electrons. The van der Waals surface area contributed by atoms with Gasteiger partial charge in [0.1, 0.15) is 0 Å². The Hall–Kier alpha value is -2.64. The lowest BCUT2D eigenvalue weighted by Gasteiger charge is -2.01. The highest BCUT2D eigenvalue weighted by molar-refractivity contribution is 6.35. The maximum atomic E-state index is 11.3. The van der Waals surface area contributed by atoms with Crippen LogP contribution < -0.4 is 10.6 Å². The first-order valence-corrected chi connectivity index (χ1v) is 5.63. The van der Waals surface area contributed by atoms with Gasteiger partial charge in [-0.15, -0.1) is 0 Å². The Morgan fingerprint density at radius 3 is 2.79 bits per heavy atom. The molecule has 0 aliphatic carbocycles. The molecule has 0 atom stereocenters. The minimum absolute atomic E-state index is 0.0241. The van der Waals surface area contributed by atoms with Gasteiger partial charge in [0.2, 0.25) is 11.7 Å². The number of carbonyl (C=O) groups is 2. The summed E-state index contributed by atoms with van der Waals surface area (Å²) in [7, 11) is 0. The van der Waals surface area contributed by atoms with Crippen LogP contribution in [0.25, 0.3) is 11.6 Å². The van der Waals surface area contributed by atoms with E-state index in [1.165, 1.54) is 6.26 Å². The number of rotatable bonds is 4. The molecule has 0 aliphatic heterocycles. The van der Waals surface area contributed by atoms with Gasteiger partial charge in [0.15, 0.2) is 5.76 Å². The highest BCUT2D eigenvalue weighted by Gasteiger charge is 2.15. The second-order valence-corrected chi connectivity index (χ2v) is 3.53. The Balaban J connectivity index is 1.90. The van der Waals surface area contributed by atoms with Crippen molar-refractivity contribution in [3.05, 3.63) is 24.3 Å². The van der Waals surface area contributed by atoms with Crippen LogP contribution in [0.5, 0.6) is 0 Å². The fourth-order valence-electron chi connectivity index (χ4n) is 1.31. The Labute approximate surface area is 108 Å². The summed E-state index contributed by atoms with van der Waals surface area (Å²) < 4.78 is 10.0. The SMILES string of the molecule is CCNC(=O)C(=O)NCc1nc(-c2ccco2)no1. The fraction of sp³-hybridized carbons (Fsp3) is 0.273. The van der Waals surface area contributed by atoms with E-state index in [9.17, 15) is 9.59 Å². The largest absolute Gasteiger partial charge is 0.461 e. The molecule has 0 aliphatic rings. The molecule has 0 unspecified atom stereocenters. The number of amides is 2. The molecule has 0 aromatic carbocycles. The first-order valence-electron chi connectivity index (χ1n) is 5.63. The van der Waals surface area contributed by atoms with E-state index in [2.05, 4.69) is 20.8 Å². The van der Waals surface area contributed by atoms with Crippen molar-refractivity contribution in [3.8, 4) is 11.6 Å². The van der Waals surface area contributed by atoms with Crippen molar-refractivity contribution in [1.82, 2.24) is 20.8 Å². The number of furan rings is 1. The Bertz CT molecular complexity index is 561. The van der Waals surface area contributed by atoms with E-state index in [0.29, 0.717) is 12.3 Å². The third kappa shape index (κ3) is 3.18. The van der Waals surface area contributed by atoms with Crippen molar-refractivity contribution in [2.24, 2.45) is 0 Å². The molecule has 0 saturated heterocycles. The molecular formula is C11H12N4O4. The molecule has 0 spiro atoms. The van der Waals surface area contributed by atoms with Crippen LogP contribution in [0.2, 0.25) is 0 Å². The Morgan fingerprint density at radius 1 is 1.32 bits per heavy atom. The average molecular weight is 264 g/mol. The number of hydrogen-bond acceptors (Lipinski definition) is 6. The molecule has 0 fully saturated rings. The van der Waals surface area contributed by atoms with Crippen LogP contribution in [0.1, 0.15) is 12.8 Å². The van der Waals surface area contributed by atoms with E-state index in [-0.39, 0.29) is 18.3 Å². The monoisotopic (exact) mass is 264 g/mol. The third-order valence-electron chi connectivity index (χ3n) is 2.15. The zero-order chi connectivity index (χ0) is 13.7. The molecule has 2 N–H and O–H groups in total. The number of aromatic nitrogens is 2. The van der Waals surface area contributed by atoms with E-state index in [1.807, 2.05) is 0 Å². The van der Waals surface area contributed by atoms with Crippen molar-refractivity contribution in [3.63, 3.8) is 0 Å². The minimum Gasteiger partial charge on any atom is -0.461 e. The number of likely N-dealkylation sites (N-methyl/N-ethyl adjacent to an activating group) is 1.